The largest absolute Gasteiger partial charge is 0.480 e. The third-order valence-electron chi connectivity index (χ3n) is 3.15. The summed E-state index contributed by atoms with van der Waals surface area (Å²) >= 11 is 1.49. The number of carbonyl (C=O) groups excluding carboxylic acids is 1. The first-order valence-corrected chi connectivity index (χ1v) is 7.89. The molecule has 0 radical (unpaired) electrons. The minimum Gasteiger partial charge on any atom is -0.480 e. The van der Waals surface area contributed by atoms with E-state index in [1.165, 1.54) is 30.0 Å². The lowest BCUT2D eigenvalue weighted by atomic mass is 9.77. The molecule has 0 spiro atoms. The maximum Gasteiger partial charge on any atom is 0.328 e. The van der Waals surface area contributed by atoms with Crippen LogP contribution in [0.1, 0.15) is 25.8 Å². The Morgan fingerprint density at radius 2 is 2.00 bits per heavy atom. The van der Waals surface area contributed by atoms with Gasteiger partial charge < -0.3 is 9.84 Å². The number of rotatable bonds is 8. The number of ether oxygens (including phenoxy) is 1. The first-order valence-electron chi connectivity index (χ1n) is 6.74. The number of esters is 1. The first-order chi connectivity index (χ1) is 10.0. The van der Waals surface area contributed by atoms with Crippen LogP contribution in [-0.2, 0) is 19.7 Å². The molecule has 0 aliphatic carbocycles. The Labute approximate surface area is 127 Å². The number of halogens is 1. The summed E-state index contributed by atoms with van der Waals surface area (Å²) in [6.07, 6.45) is -0.0133. The van der Waals surface area contributed by atoms with Gasteiger partial charge in [0.25, 0.3) is 0 Å². The molecular formula is C15H19FO4S. The van der Waals surface area contributed by atoms with E-state index in [1.54, 1.807) is 6.92 Å². The second-order valence-corrected chi connectivity index (χ2v) is 5.75. The fourth-order valence-electron chi connectivity index (χ4n) is 2.09. The molecule has 0 aliphatic rings. The minimum atomic E-state index is -2.00. The summed E-state index contributed by atoms with van der Waals surface area (Å²) in [6.45, 7) is 3.57. The summed E-state index contributed by atoms with van der Waals surface area (Å²) in [7, 11) is 0. The summed E-state index contributed by atoms with van der Waals surface area (Å²) in [5, 5.41) is 9.62. The number of hydrogen-bond donors (Lipinski definition) is 1. The van der Waals surface area contributed by atoms with E-state index in [4.69, 9.17) is 4.74 Å². The number of carboxylic acids is 1. The number of benzene rings is 1. The Morgan fingerprint density at radius 1 is 1.33 bits per heavy atom. The summed E-state index contributed by atoms with van der Waals surface area (Å²) in [4.78, 5) is 24.1. The third-order valence-corrected chi connectivity index (χ3v) is 4.05. The van der Waals surface area contributed by atoms with Crippen molar-refractivity contribution in [1.29, 1.82) is 0 Å². The number of carboxylic acid groups (broad SMARTS) is 1. The van der Waals surface area contributed by atoms with Gasteiger partial charge in [-0.2, -0.15) is 11.8 Å². The average molecular weight is 314 g/mol. The van der Waals surface area contributed by atoms with Crippen molar-refractivity contribution >= 4 is 23.7 Å². The maximum absolute atomic E-state index is 14.1. The molecule has 1 aromatic rings. The van der Waals surface area contributed by atoms with E-state index in [9.17, 15) is 19.1 Å². The van der Waals surface area contributed by atoms with Crippen molar-refractivity contribution < 1.29 is 23.8 Å². The zero-order valence-corrected chi connectivity index (χ0v) is 12.9. The maximum atomic E-state index is 14.1. The van der Waals surface area contributed by atoms with Crippen molar-refractivity contribution in [3.63, 3.8) is 0 Å². The van der Waals surface area contributed by atoms with Crippen LogP contribution in [0, 0.1) is 5.82 Å². The molecule has 1 atom stereocenters. The van der Waals surface area contributed by atoms with Crippen LogP contribution in [0.4, 0.5) is 4.39 Å². The molecule has 0 fully saturated rings. The molecule has 1 N–H and O–H groups in total. The van der Waals surface area contributed by atoms with Crippen LogP contribution in [0.5, 0.6) is 0 Å². The number of thioether (sulfide) groups is 1. The third kappa shape index (κ3) is 3.75. The Hall–Kier alpha value is -1.56. The van der Waals surface area contributed by atoms with Gasteiger partial charge in [0.05, 0.1) is 6.61 Å². The molecular weight excluding hydrogens is 295 g/mol. The van der Waals surface area contributed by atoms with E-state index in [0.29, 0.717) is 5.75 Å². The van der Waals surface area contributed by atoms with Crippen molar-refractivity contribution in [1.82, 2.24) is 0 Å². The van der Waals surface area contributed by atoms with Gasteiger partial charge in [-0.05, 0) is 30.9 Å². The molecule has 1 aromatic carbocycles. The molecule has 0 heterocycles. The van der Waals surface area contributed by atoms with Crippen LogP contribution >= 0.6 is 11.8 Å². The van der Waals surface area contributed by atoms with E-state index >= 15 is 0 Å². The molecule has 21 heavy (non-hydrogen) atoms. The second kappa shape index (κ2) is 8.02. The van der Waals surface area contributed by atoms with E-state index < -0.39 is 23.2 Å². The van der Waals surface area contributed by atoms with E-state index in [0.717, 1.165) is 11.8 Å². The van der Waals surface area contributed by atoms with Crippen LogP contribution in [0.3, 0.4) is 0 Å². The molecule has 1 rings (SSSR count). The highest BCUT2D eigenvalue weighted by Crippen LogP contribution is 2.33. The van der Waals surface area contributed by atoms with Crippen LogP contribution in [0.25, 0.3) is 0 Å². The smallest absolute Gasteiger partial charge is 0.328 e. The molecule has 0 aromatic heterocycles. The van der Waals surface area contributed by atoms with Crippen molar-refractivity contribution in [3.05, 3.63) is 35.6 Å². The molecule has 1 unspecified atom stereocenters. The normalized spacial score (nSPS) is 13.5. The number of carbonyl (C=O) groups is 2. The molecule has 0 saturated heterocycles. The minimum absolute atomic E-state index is 0.0133. The van der Waals surface area contributed by atoms with Gasteiger partial charge in [-0.3, -0.25) is 9.59 Å². The van der Waals surface area contributed by atoms with Gasteiger partial charge in [0, 0.05) is 5.56 Å². The fraction of sp³-hybridized carbons (Fsp3) is 0.467. The molecule has 4 nitrogen and oxygen atoms in total. The quantitative estimate of drug-likeness (QED) is 0.454. The van der Waals surface area contributed by atoms with Gasteiger partial charge in [-0.1, -0.05) is 25.1 Å². The topological polar surface area (TPSA) is 63.6 Å². The summed E-state index contributed by atoms with van der Waals surface area (Å²) < 4.78 is 19.0. The Bertz CT molecular complexity index is 506. The van der Waals surface area contributed by atoms with Gasteiger partial charge in [-0.25, -0.2) is 4.39 Å². The lowest BCUT2D eigenvalue weighted by molar-refractivity contribution is -0.161. The van der Waals surface area contributed by atoms with Crippen molar-refractivity contribution in [2.45, 2.75) is 25.7 Å². The van der Waals surface area contributed by atoms with Crippen molar-refractivity contribution in [2.24, 2.45) is 0 Å². The van der Waals surface area contributed by atoms with Gasteiger partial charge >= 0.3 is 11.9 Å². The van der Waals surface area contributed by atoms with Gasteiger partial charge in [0.2, 0.25) is 0 Å². The molecule has 0 bridgehead atoms. The highest BCUT2D eigenvalue weighted by molar-refractivity contribution is 7.99. The highest BCUT2D eigenvalue weighted by Gasteiger charge is 2.50. The summed E-state index contributed by atoms with van der Waals surface area (Å²) in [6, 6.07) is 5.45. The zero-order valence-electron chi connectivity index (χ0n) is 12.1. The second-order valence-electron chi connectivity index (χ2n) is 4.36. The number of hydrogen-bond acceptors (Lipinski definition) is 4. The Kier molecular flexibility index (Phi) is 6.68. The van der Waals surface area contributed by atoms with Gasteiger partial charge in [-0.15, -0.1) is 0 Å². The van der Waals surface area contributed by atoms with Crippen molar-refractivity contribution in [3.8, 4) is 0 Å². The lowest BCUT2D eigenvalue weighted by Crippen LogP contribution is -2.46. The molecule has 6 heteroatoms. The SMILES string of the molecule is CCOC(=O)C(CCSCC)(C(=O)O)c1ccccc1F. The Morgan fingerprint density at radius 3 is 2.52 bits per heavy atom. The zero-order chi connectivity index (χ0) is 15.9. The van der Waals surface area contributed by atoms with Crippen LogP contribution in [0.2, 0.25) is 0 Å². The van der Waals surface area contributed by atoms with Crippen LogP contribution in [0.15, 0.2) is 24.3 Å². The summed E-state index contributed by atoms with van der Waals surface area (Å²) in [5.41, 5.74) is -2.14. The van der Waals surface area contributed by atoms with Crippen LogP contribution in [-0.4, -0.2) is 35.2 Å². The Balaban J connectivity index is 3.33. The van der Waals surface area contributed by atoms with Crippen LogP contribution < -0.4 is 0 Å². The summed E-state index contributed by atoms with van der Waals surface area (Å²) in [5.74, 6) is -1.80. The molecule has 0 aliphatic heterocycles. The lowest BCUT2D eigenvalue weighted by Gasteiger charge is -2.27. The van der Waals surface area contributed by atoms with Gasteiger partial charge in [0.1, 0.15) is 5.82 Å². The molecule has 0 saturated carbocycles. The fourth-order valence-corrected chi connectivity index (χ4v) is 2.83. The number of aliphatic carboxylic acids is 1. The van der Waals surface area contributed by atoms with E-state index in [-0.39, 0.29) is 18.6 Å². The van der Waals surface area contributed by atoms with Crippen molar-refractivity contribution in [2.75, 3.05) is 18.1 Å². The van der Waals surface area contributed by atoms with E-state index in [1.807, 2.05) is 6.92 Å². The van der Waals surface area contributed by atoms with Gasteiger partial charge in [0.15, 0.2) is 5.41 Å². The molecule has 116 valence electrons. The first kappa shape index (κ1) is 17.5. The molecule has 0 amide bonds. The predicted octanol–water partition coefficient (Wildman–Crippen LogP) is 2.85. The highest BCUT2D eigenvalue weighted by atomic mass is 32.2. The predicted molar refractivity (Wildman–Crippen MR) is 80.0 cm³/mol. The standard InChI is InChI=1S/C15H19FO4S/c1-3-20-14(19)15(13(17)18,9-10-21-4-2)11-7-5-6-8-12(11)16/h5-8H,3-4,9-10H2,1-2H3,(H,17,18). The monoisotopic (exact) mass is 314 g/mol. The average Bonchev–Trinajstić information content (AvgIpc) is 2.44. The van der Waals surface area contributed by atoms with E-state index in [2.05, 4.69) is 0 Å².